The Labute approximate surface area is 122 Å². The summed E-state index contributed by atoms with van der Waals surface area (Å²) in [7, 11) is 0. The van der Waals surface area contributed by atoms with Gasteiger partial charge in [0.05, 0.1) is 12.6 Å². The Morgan fingerprint density at radius 3 is 2.15 bits per heavy atom. The molecule has 0 aromatic heterocycles. The van der Waals surface area contributed by atoms with E-state index in [0.717, 1.165) is 0 Å². The number of alkyl carbamates (subject to hydrolysis) is 1. The van der Waals surface area contributed by atoms with Crippen molar-refractivity contribution in [3.63, 3.8) is 0 Å². The SMILES string of the molecule is CC(C)NC(N)=NCC(NC(=O)OC(C)(C)C)C(C)C. The molecule has 0 aliphatic heterocycles. The number of nitrogens with one attached hydrogen (secondary N) is 2. The van der Waals surface area contributed by atoms with Gasteiger partial charge in [-0.1, -0.05) is 13.8 Å². The number of carbonyl (C=O) groups is 1. The smallest absolute Gasteiger partial charge is 0.407 e. The molecule has 0 fully saturated rings. The standard InChI is InChI=1S/C14H30N4O2/c1-9(2)11(8-16-12(15)17-10(3)4)18-13(19)20-14(5,6)7/h9-11H,8H2,1-7H3,(H,18,19)(H3,15,16,17). The molecule has 6 nitrogen and oxygen atoms in total. The highest BCUT2D eigenvalue weighted by Crippen LogP contribution is 2.08. The minimum atomic E-state index is -0.507. The van der Waals surface area contributed by atoms with Crippen molar-refractivity contribution in [1.82, 2.24) is 10.6 Å². The van der Waals surface area contributed by atoms with Gasteiger partial charge in [-0.3, -0.25) is 4.99 Å². The summed E-state index contributed by atoms with van der Waals surface area (Å²) >= 11 is 0. The highest BCUT2D eigenvalue weighted by Gasteiger charge is 2.21. The average Bonchev–Trinajstić information content (AvgIpc) is 2.19. The van der Waals surface area contributed by atoms with Crippen molar-refractivity contribution in [2.24, 2.45) is 16.6 Å². The van der Waals surface area contributed by atoms with Crippen molar-refractivity contribution in [3.8, 4) is 0 Å². The lowest BCUT2D eigenvalue weighted by molar-refractivity contribution is 0.0493. The second kappa shape index (κ2) is 7.97. The summed E-state index contributed by atoms with van der Waals surface area (Å²) in [6.07, 6.45) is -0.429. The van der Waals surface area contributed by atoms with Crippen LogP contribution in [0.25, 0.3) is 0 Å². The first kappa shape index (κ1) is 18.5. The molecule has 0 radical (unpaired) electrons. The van der Waals surface area contributed by atoms with Crippen LogP contribution in [0.4, 0.5) is 4.79 Å². The molecule has 0 spiro atoms. The molecular weight excluding hydrogens is 256 g/mol. The summed E-state index contributed by atoms with van der Waals surface area (Å²) in [5.41, 5.74) is 5.24. The van der Waals surface area contributed by atoms with Crippen LogP contribution in [0, 0.1) is 5.92 Å². The molecule has 0 bridgehead atoms. The third-order valence-electron chi connectivity index (χ3n) is 2.40. The van der Waals surface area contributed by atoms with Gasteiger partial charge in [-0.05, 0) is 40.5 Å². The molecule has 1 amide bonds. The first-order valence-corrected chi connectivity index (χ1v) is 7.07. The van der Waals surface area contributed by atoms with E-state index in [0.29, 0.717) is 12.5 Å². The second-order valence-corrected chi connectivity index (χ2v) is 6.52. The fraction of sp³-hybridized carbons (Fsp3) is 0.857. The van der Waals surface area contributed by atoms with Crippen LogP contribution < -0.4 is 16.4 Å². The molecule has 20 heavy (non-hydrogen) atoms. The fourth-order valence-corrected chi connectivity index (χ4v) is 1.42. The van der Waals surface area contributed by atoms with Gasteiger partial charge in [-0.2, -0.15) is 0 Å². The van der Waals surface area contributed by atoms with E-state index in [9.17, 15) is 4.79 Å². The number of aliphatic imine (C=N–C) groups is 1. The Bertz CT molecular complexity index is 333. The predicted octanol–water partition coefficient (Wildman–Crippen LogP) is 1.85. The van der Waals surface area contributed by atoms with E-state index in [1.165, 1.54) is 0 Å². The number of amides is 1. The maximum atomic E-state index is 11.8. The van der Waals surface area contributed by atoms with Crippen molar-refractivity contribution in [1.29, 1.82) is 0 Å². The van der Waals surface area contributed by atoms with Gasteiger partial charge >= 0.3 is 6.09 Å². The maximum Gasteiger partial charge on any atom is 0.407 e. The van der Waals surface area contributed by atoms with E-state index in [4.69, 9.17) is 10.5 Å². The molecular formula is C14H30N4O2. The first-order valence-electron chi connectivity index (χ1n) is 7.07. The lowest BCUT2D eigenvalue weighted by Gasteiger charge is -2.25. The lowest BCUT2D eigenvalue weighted by atomic mass is 10.1. The van der Waals surface area contributed by atoms with E-state index < -0.39 is 11.7 Å². The van der Waals surface area contributed by atoms with Crippen LogP contribution in [0.15, 0.2) is 4.99 Å². The molecule has 0 heterocycles. The number of nitrogens with zero attached hydrogens (tertiary/aromatic N) is 1. The van der Waals surface area contributed by atoms with E-state index in [1.807, 2.05) is 48.5 Å². The summed E-state index contributed by atoms with van der Waals surface area (Å²) < 4.78 is 5.24. The van der Waals surface area contributed by atoms with Gasteiger partial charge in [0, 0.05) is 6.04 Å². The largest absolute Gasteiger partial charge is 0.444 e. The molecule has 0 aliphatic carbocycles. The van der Waals surface area contributed by atoms with Crippen molar-refractivity contribution < 1.29 is 9.53 Å². The van der Waals surface area contributed by atoms with Crippen LogP contribution in [0.2, 0.25) is 0 Å². The molecule has 6 heteroatoms. The van der Waals surface area contributed by atoms with Gasteiger partial charge in [0.2, 0.25) is 0 Å². The quantitative estimate of drug-likeness (QED) is 0.531. The highest BCUT2D eigenvalue weighted by atomic mass is 16.6. The molecule has 0 aliphatic rings. The zero-order valence-corrected chi connectivity index (χ0v) is 13.8. The Kier molecular flexibility index (Phi) is 7.39. The molecule has 118 valence electrons. The van der Waals surface area contributed by atoms with Crippen molar-refractivity contribution in [2.75, 3.05) is 6.54 Å². The zero-order chi connectivity index (χ0) is 15.9. The van der Waals surface area contributed by atoms with Crippen LogP contribution in [-0.2, 0) is 4.74 Å². The predicted molar refractivity (Wildman–Crippen MR) is 82.8 cm³/mol. The summed E-state index contributed by atoms with van der Waals surface area (Å²) in [6, 6.07) is 0.118. The van der Waals surface area contributed by atoms with Gasteiger partial charge in [0.15, 0.2) is 5.96 Å². The number of guanidine groups is 1. The molecule has 1 atom stereocenters. The van der Waals surface area contributed by atoms with E-state index in [1.54, 1.807) is 0 Å². The van der Waals surface area contributed by atoms with E-state index >= 15 is 0 Å². The number of nitrogens with two attached hydrogens (primary N) is 1. The Balaban J connectivity index is 4.48. The van der Waals surface area contributed by atoms with Crippen molar-refractivity contribution in [2.45, 2.75) is 66.2 Å². The third-order valence-corrected chi connectivity index (χ3v) is 2.40. The Morgan fingerprint density at radius 2 is 1.75 bits per heavy atom. The topological polar surface area (TPSA) is 88.7 Å². The van der Waals surface area contributed by atoms with E-state index in [-0.39, 0.29) is 18.0 Å². The lowest BCUT2D eigenvalue weighted by Crippen LogP contribution is -2.44. The molecule has 0 saturated carbocycles. The third kappa shape index (κ3) is 9.47. The van der Waals surface area contributed by atoms with Crippen molar-refractivity contribution in [3.05, 3.63) is 0 Å². The minimum absolute atomic E-state index is 0.114. The van der Waals surface area contributed by atoms with Crippen molar-refractivity contribution >= 4 is 12.1 Å². The van der Waals surface area contributed by atoms with Gasteiger partial charge in [-0.15, -0.1) is 0 Å². The summed E-state index contributed by atoms with van der Waals surface area (Å²) in [5, 5.41) is 5.84. The van der Waals surface area contributed by atoms with Gasteiger partial charge in [0.1, 0.15) is 5.60 Å². The molecule has 0 saturated heterocycles. The molecule has 0 rings (SSSR count). The summed E-state index contributed by atoms with van der Waals surface area (Å²) in [6.45, 7) is 13.9. The maximum absolute atomic E-state index is 11.8. The molecule has 0 aromatic carbocycles. The van der Waals surface area contributed by atoms with E-state index in [2.05, 4.69) is 15.6 Å². The normalized spacial score (nSPS) is 14.3. The van der Waals surface area contributed by atoms with Crippen LogP contribution >= 0.6 is 0 Å². The number of rotatable bonds is 5. The van der Waals surface area contributed by atoms with Crippen LogP contribution in [0.3, 0.4) is 0 Å². The first-order chi connectivity index (χ1) is 9.01. The van der Waals surface area contributed by atoms with Crippen LogP contribution in [0.1, 0.15) is 48.5 Å². The zero-order valence-electron chi connectivity index (χ0n) is 13.8. The molecule has 0 aromatic rings. The fourth-order valence-electron chi connectivity index (χ4n) is 1.42. The Hall–Kier alpha value is -1.46. The molecule has 4 N–H and O–H groups in total. The number of hydrogen-bond donors (Lipinski definition) is 3. The Morgan fingerprint density at radius 1 is 1.20 bits per heavy atom. The molecule has 1 unspecified atom stereocenters. The number of carbonyl (C=O) groups excluding carboxylic acids is 1. The van der Waals surface area contributed by atoms with Gasteiger partial charge in [-0.25, -0.2) is 4.79 Å². The van der Waals surface area contributed by atoms with Crippen LogP contribution in [0.5, 0.6) is 0 Å². The average molecular weight is 286 g/mol. The van der Waals surface area contributed by atoms with Gasteiger partial charge < -0.3 is 21.1 Å². The summed E-state index contributed by atoms with van der Waals surface area (Å²) in [5.74, 6) is 0.620. The summed E-state index contributed by atoms with van der Waals surface area (Å²) in [4.78, 5) is 16.0. The second-order valence-electron chi connectivity index (χ2n) is 6.52. The monoisotopic (exact) mass is 286 g/mol. The number of hydrogen-bond acceptors (Lipinski definition) is 3. The highest BCUT2D eigenvalue weighted by molar-refractivity contribution is 5.78. The van der Waals surface area contributed by atoms with Crippen LogP contribution in [-0.4, -0.2) is 36.3 Å². The minimum Gasteiger partial charge on any atom is -0.444 e. The van der Waals surface area contributed by atoms with Gasteiger partial charge in [0.25, 0.3) is 0 Å². The number of ether oxygens (including phenoxy) is 1.